The molecule has 9 nitrogen and oxygen atoms in total. The fourth-order valence-electron chi connectivity index (χ4n) is 9.51. The Bertz CT molecular complexity index is 2400. The highest BCUT2D eigenvalue weighted by atomic mass is 35.5. The lowest BCUT2D eigenvalue weighted by Crippen LogP contribution is -2.48. The summed E-state index contributed by atoms with van der Waals surface area (Å²) in [6, 6.07) is 23.9. The molecule has 2 aliphatic carbocycles. The Morgan fingerprint density at radius 2 is 1.69 bits per heavy atom. The first-order valence-electron chi connectivity index (χ1n) is 17.5. The molecule has 0 bridgehead atoms. The SMILES string of the molecule is Cc1c(-c2cc(N3C(=O)[C@@H]4C[C@@H]5C(=CC[C@@H]6C(=O)N(Cc7ccccc7)C(=O)[C@@H]65)[C@H](c5ccccc5O)[C@]4(C)C3=O)n(C)n2)sc2ccc(Cl)cc12. The first-order chi connectivity index (χ1) is 25.0. The lowest BCUT2D eigenvalue weighted by Gasteiger charge is -2.49. The maximum atomic E-state index is 15.0. The quantitative estimate of drug-likeness (QED) is 0.149. The molecule has 1 N–H and O–H groups in total. The smallest absolute Gasteiger partial charge is 0.242 e. The van der Waals surface area contributed by atoms with Crippen LogP contribution in [-0.2, 0) is 32.8 Å². The third-order valence-electron chi connectivity index (χ3n) is 12.0. The van der Waals surface area contributed by atoms with Crippen LogP contribution in [0.3, 0.4) is 0 Å². The van der Waals surface area contributed by atoms with Gasteiger partial charge in [-0.1, -0.05) is 71.8 Å². The number of aryl methyl sites for hydroxylation is 2. The van der Waals surface area contributed by atoms with Gasteiger partial charge in [-0.2, -0.15) is 5.10 Å². The van der Waals surface area contributed by atoms with Crippen LogP contribution in [-0.4, -0.2) is 43.4 Å². The number of likely N-dealkylation sites (tertiary alicyclic amines) is 1. The van der Waals surface area contributed by atoms with E-state index >= 15 is 0 Å². The number of amides is 4. The van der Waals surface area contributed by atoms with Crippen LogP contribution in [0.2, 0.25) is 5.02 Å². The van der Waals surface area contributed by atoms with Gasteiger partial charge < -0.3 is 5.11 Å². The van der Waals surface area contributed by atoms with E-state index in [1.807, 2.05) is 74.5 Å². The minimum absolute atomic E-state index is 0.0116. The molecule has 6 atom stereocenters. The summed E-state index contributed by atoms with van der Waals surface area (Å²) < 4.78 is 2.62. The number of benzene rings is 3. The molecular formula is C41H35ClN4O5S. The monoisotopic (exact) mass is 730 g/mol. The molecule has 2 aromatic heterocycles. The highest BCUT2D eigenvalue weighted by Gasteiger charge is 2.68. The van der Waals surface area contributed by atoms with Crippen molar-refractivity contribution in [1.82, 2.24) is 14.7 Å². The minimum atomic E-state index is -1.28. The predicted molar refractivity (Wildman–Crippen MR) is 198 cm³/mol. The second kappa shape index (κ2) is 11.7. The Morgan fingerprint density at radius 1 is 0.942 bits per heavy atom. The van der Waals surface area contributed by atoms with Crippen molar-refractivity contribution < 1.29 is 24.3 Å². The number of aromatic hydroxyl groups is 1. The van der Waals surface area contributed by atoms with Gasteiger partial charge in [0.05, 0.1) is 34.6 Å². The maximum absolute atomic E-state index is 15.0. The number of carbonyl (C=O) groups excluding carboxylic acids is 4. The van der Waals surface area contributed by atoms with Crippen LogP contribution in [0.25, 0.3) is 20.7 Å². The van der Waals surface area contributed by atoms with Crippen LogP contribution in [0, 0.1) is 36.0 Å². The summed E-state index contributed by atoms with van der Waals surface area (Å²) in [7, 11) is 1.72. The highest BCUT2D eigenvalue weighted by molar-refractivity contribution is 7.22. The van der Waals surface area contributed by atoms with Crippen LogP contribution in [0.15, 0.2) is 90.5 Å². The van der Waals surface area contributed by atoms with Crippen LogP contribution < -0.4 is 4.90 Å². The number of allylic oxidation sites excluding steroid dienone is 2. The van der Waals surface area contributed by atoms with Gasteiger partial charge in [-0.25, -0.2) is 4.90 Å². The molecule has 2 saturated heterocycles. The van der Waals surface area contributed by atoms with E-state index in [-0.39, 0.29) is 42.3 Å². The predicted octanol–water partition coefficient (Wildman–Crippen LogP) is 7.40. The van der Waals surface area contributed by atoms with Crippen molar-refractivity contribution in [1.29, 1.82) is 0 Å². The van der Waals surface area contributed by atoms with Crippen LogP contribution in [0.5, 0.6) is 5.75 Å². The van der Waals surface area contributed by atoms with E-state index in [2.05, 4.69) is 0 Å². The number of para-hydroxylation sites is 1. The summed E-state index contributed by atoms with van der Waals surface area (Å²) in [6.07, 6.45) is 2.57. The van der Waals surface area contributed by atoms with E-state index in [1.165, 1.54) is 9.80 Å². The molecule has 4 heterocycles. The number of aromatic nitrogens is 2. The Kier molecular flexibility index (Phi) is 7.40. The number of fused-ring (bicyclic) bond motifs is 5. The number of imide groups is 2. The third-order valence-corrected chi connectivity index (χ3v) is 13.5. The third kappa shape index (κ3) is 4.56. The van der Waals surface area contributed by atoms with Crippen molar-refractivity contribution in [3.05, 3.63) is 112 Å². The number of thiophene rings is 1. The number of halogens is 1. The Morgan fingerprint density at radius 3 is 2.46 bits per heavy atom. The van der Waals surface area contributed by atoms with Gasteiger partial charge >= 0.3 is 0 Å². The van der Waals surface area contributed by atoms with E-state index in [1.54, 1.807) is 47.3 Å². The van der Waals surface area contributed by atoms with Gasteiger partial charge in [0.15, 0.2) is 0 Å². The molecule has 4 amide bonds. The summed E-state index contributed by atoms with van der Waals surface area (Å²) >= 11 is 7.88. The number of carbonyl (C=O) groups is 4. The van der Waals surface area contributed by atoms with Crippen molar-refractivity contribution in [2.24, 2.45) is 36.1 Å². The normalized spacial score (nSPS) is 26.9. The molecule has 11 heteroatoms. The lowest BCUT2D eigenvalue weighted by molar-refractivity contribution is -0.141. The zero-order chi connectivity index (χ0) is 36.2. The van der Waals surface area contributed by atoms with Gasteiger partial charge in [-0.3, -0.25) is 28.8 Å². The number of phenols is 1. The number of hydrogen-bond donors (Lipinski definition) is 1. The summed E-state index contributed by atoms with van der Waals surface area (Å²) in [5.74, 6) is -4.06. The van der Waals surface area contributed by atoms with Crippen LogP contribution in [0.4, 0.5) is 5.82 Å². The number of hydrogen-bond acceptors (Lipinski definition) is 7. The highest BCUT2D eigenvalue weighted by Crippen LogP contribution is 2.64. The van der Waals surface area contributed by atoms with Crippen molar-refractivity contribution in [3.8, 4) is 16.3 Å². The largest absolute Gasteiger partial charge is 0.508 e. The van der Waals surface area contributed by atoms with E-state index in [9.17, 15) is 24.3 Å². The summed E-state index contributed by atoms with van der Waals surface area (Å²) in [5, 5.41) is 17.7. The minimum Gasteiger partial charge on any atom is -0.508 e. The van der Waals surface area contributed by atoms with Gasteiger partial charge in [0, 0.05) is 34.3 Å². The lowest BCUT2D eigenvalue weighted by atomic mass is 9.51. The van der Waals surface area contributed by atoms with Gasteiger partial charge in [0.25, 0.3) is 0 Å². The van der Waals surface area contributed by atoms with Crippen molar-refractivity contribution in [2.75, 3.05) is 4.90 Å². The Hall–Kier alpha value is -5.06. The number of rotatable bonds is 5. The molecular weight excluding hydrogens is 696 g/mol. The van der Waals surface area contributed by atoms with Crippen molar-refractivity contribution >= 4 is 62.5 Å². The zero-order valence-corrected chi connectivity index (χ0v) is 30.3. The van der Waals surface area contributed by atoms with Crippen molar-refractivity contribution in [3.63, 3.8) is 0 Å². The van der Waals surface area contributed by atoms with E-state index < -0.39 is 35.0 Å². The molecule has 52 heavy (non-hydrogen) atoms. The van der Waals surface area contributed by atoms with E-state index in [4.69, 9.17) is 16.7 Å². The average Bonchev–Trinajstić information content (AvgIpc) is 3.80. The summed E-state index contributed by atoms with van der Waals surface area (Å²) in [4.78, 5) is 61.4. The summed E-state index contributed by atoms with van der Waals surface area (Å²) in [5.41, 5.74) is 2.58. The molecule has 4 aliphatic rings. The molecule has 2 aliphatic heterocycles. The zero-order valence-electron chi connectivity index (χ0n) is 28.7. The number of nitrogens with zero attached hydrogens (tertiary/aromatic N) is 4. The molecule has 9 rings (SSSR count). The van der Waals surface area contributed by atoms with Crippen molar-refractivity contribution in [2.45, 2.75) is 39.2 Å². The number of anilines is 1. The molecule has 262 valence electrons. The first kappa shape index (κ1) is 32.8. The van der Waals surface area contributed by atoms with E-state index in [0.717, 1.165) is 31.7 Å². The number of phenolic OH excluding ortho intramolecular Hbond substituents is 1. The fourth-order valence-corrected chi connectivity index (χ4v) is 10.8. The Balaban J connectivity index is 1.13. The molecule has 3 aromatic carbocycles. The van der Waals surface area contributed by atoms with Gasteiger partial charge in [-0.15, -0.1) is 11.3 Å². The maximum Gasteiger partial charge on any atom is 0.242 e. The second-order valence-corrected chi connectivity index (χ2v) is 16.2. The van der Waals surface area contributed by atoms with Gasteiger partial charge in [-0.05, 0) is 73.4 Å². The topological polar surface area (TPSA) is 113 Å². The fraction of sp³-hybridized carbons (Fsp3) is 0.293. The molecule has 1 saturated carbocycles. The van der Waals surface area contributed by atoms with Crippen LogP contribution in [0.1, 0.15) is 42.4 Å². The molecule has 0 spiro atoms. The van der Waals surface area contributed by atoms with Crippen LogP contribution >= 0.6 is 22.9 Å². The average molecular weight is 731 g/mol. The molecule has 0 radical (unpaired) electrons. The molecule has 3 fully saturated rings. The first-order valence-corrected chi connectivity index (χ1v) is 18.7. The summed E-state index contributed by atoms with van der Waals surface area (Å²) in [6.45, 7) is 4.01. The molecule has 5 aromatic rings. The Labute approximate surface area is 309 Å². The van der Waals surface area contributed by atoms with Gasteiger partial charge in [0.1, 0.15) is 17.3 Å². The second-order valence-electron chi connectivity index (χ2n) is 14.7. The van der Waals surface area contributed by atoms with Gasteiger partial charge in [0.2, 0.25) is 23.6 Å². The molecule has 0 unspecified atom stereocenters. The van der Waals surface area contributed by atoms with E-state index in [0.29, 0.717) is 28.5 Å². The standard InChI is InChI=1S/C41H35ClN4O5S/c1-21-27-17-23(42)13-16-32(27)52-36(21)30-19-33(44(3)43-30)46-38(49)29-18-28-24(35(41(29,2)40(46)51)25-11-7-8-12-31(25)47)14-15-26-34(28)39(50)45(37(26)48)20-22-9-5-4-6-10-22/h4-14,16-17,19,26,28-29,34-35,47H,15,18,20H2,1-3H3/t26-,28+,29-,34-,35+,41+/m0/s1.